The van der Waals surface area contributed by atoms with E-state index in [4.69, 9.17) is 4.74 Å². The number of rotatable bonds is 9. The van der Waals surface area contributed by atoms with Crippen molar-refractivity contribution in [3.8, 4) is 0 Å². The molecule has 0 bridgehead atoms. The summed E-state index contributed by atoms with van der Waals surface area (Å²) in [5.41, 5.74) is 1.49. The molecule has 0 radical (unpaired) electrons. The zero-order valence-electron chi connectivity index (χ0n) is 17.1. The van der Waals surface area contributed by atoms with Crippen LogP contribution in [0.3, 0.4) is 0 Å². The van der Waals surface area contributed by atoms with Gasteiger partial charge in [0.05, 0.1) is 18.5 Å². The number of amides is 1. The molecule has 0 atom stereocenters. The molecule has 0 aliphatic rings. The SMILES string of the molecule is CCCCc1nc2c(ncn2CCC(=O)Nc2ccc(C(=O)OCC)cc2)c(=O)[nH]1. The molecule has 0 aliphatic heterocycles. The van der Waals surface area contributed by atoms with E-state index in [-0.39, 0.29) is 23.4 Å². The molecule has 0 saturated carbocycles. The van der Waals surface area contributed by atoms with Crippen molar-refractivity contribution in [2.45, 2.75) is 46.1 Å². The highest BCUT2D eigenvalue weighted by molar-refractivity contribution is 5.93. The van der Waals surface area contributed by atoms with Gasteiger partial charge in [0.1, 0.15) is 5.82 Å². The van der Waals surface area contributed by atoms with Gasteiger partial charge in [-0.3, -0.25) is 9.59 Å². The first-order valence-corrected chi connectivity index (χ1v) is 10.0. The number of unbranched alkanes of at least 4 members (excludes halogenated alkanes) is 1. The number of carbonyl (C=O) groups excluding carboxylic acids is 2. The van der Waals surface area contributed by atoms with Crippen molar-refractivity contribution in [2.75, 3.05) is 11.9 Å². The van der Waals surface area contributed by atoms with Crippen LogP contribution in [0.15, 0.2) is 35.4 Å². The van der Waals surface area contributed by atoms with Crippen molar-refractivity contribution >= 4 is 28.7 Å². The molecular formula is C21H25N5O4. The highest BCUT2D eigenvalue weighted by atomic mass is 16.5. The highest BCUT2D eigenvalue weighted by Gasteiger charge is 2.12. The lowest BCUT2D eigenvalue weighted by molar-refractivity contribution is -0.116. The number of fused-ring (bicyclic) bond motifs is 1. The Morgan fingerprint density at radius 3 is 2.67 bits per heavy atom. The minimum Gasteiger partial charge on any atom is -0.462 e. The third-order valence-corrected chi connectivity index (χ3v) is 4.55. The normalized spacial score (nSPS) is 10.9. The van der Waals surface area contributed by atoms with E-state index in [0.29, 0.717) is 42.3 Å². The highest BCUT2D eigenvalue weighted by Crippen LogP contribution is 2.12. The van der Waals surface area contributed by atoms with E-state index in [1.54, 1.807) is 35.8 Å². The van der Waals surface area contributed by atoms with E-state index >= 15 is 0 Å². The maximum Gasteiger partial charge on any atom is 0.338 e. The number of aromatic nitrogens is 4. The van der Waals surface area contributed by atoms with Gasteiger partial charge in [-0.1, -0.05) is 13.3 Å². The molecule has 0 unspecified atom stereocenters. The molecule has 9 heteroatoms. The van der Waals surface area contributed by atoms with E-state index in [0.717, 1.165) is 12.8 Å². The van der Waals surface area contributed by atoms with Gasteiger partial charge in [0.15, 0.2) is 11.2 Å². The van der Waals surface area contributed by atoms with Gasteiger partial charge in [-0.2, -0.15) is 0 Å². The number of esters is 1. The Bertz CT molecular complexity index is 1080. The van der Waals surface area contributed by atoms with Crippen LogP contribution in [0.25, 0.3) is 11.2 Å². The summed E-state index contributed by atoms with van der Waals surface area (Å²) in [6, 6.07) is 6.51. The van der Waals surface area contributed by atoms with Crippen LogP contribution in [-0.2, 0) is 22.5 Å². The summed E-state index contributed by atoms with van der Waals surface area (Å²) in [5.74, 6) is 0.0298. The molecule has 2 N–H and O–H groups in total. The number of carbonyl (C=O) groups is 2. The minimum absolute atomic E-state index is 0.184. The van der Waals surface area contributed by atoms with E-state index in [2.05, 4.69) is 27.2 Å². The quantitative estimate of drug-likeness (QED) is 0.523. The van der Waals surface area contributed by atoms with E-state index in [9.17, 15) is 14.4 Å². The lowest BCUT2D eigenvalue weighted by Gasteiger charge is -2.08. The fraction of sp³-hybridized carbons (Fsp3) is 0.381. The fourth-order valence-corrected chi connectivity index (χ4v) is 2.98. The van der Waals surface area contributed by atoms with Crippen molar-refractivity contribution < 1.29 is 14.3 Å². The van der Waals surface area contributed by atoms with Gasteiger partial charge in [0.25, 0.3) is 5.56 Å². The summed E-state index contributed by atoms with van der Waals surface area (Å²) >= 11 is 0. The Labute approximate surface area is 173 Å². The lowest BCUT2D eigenvalue weighted by atomic mass is 10.2. The zero-order valence-corrected chi connectivity index (χ0v) is 17.1. The molecule has 2 heterocycles. The number of aryl methyl sites for hydroxylation is 2. The second-order valence-corrected chi connectivity index (χ2v) is 6.82. The van der Waals surface area contributed by atoms with Gasteiger partial charge >= 0.3 is 5.97 Å². The third-order valence-electron chi connectivity index (χ3n) is 4.55. The van der Waals surface area contributed by atoms with Crippen LogP contribution in [0, 0.1) is 0 Å². The summed E-state index contributed by atoms with van der Waals surface area (Å²) in [7, 11) is 0. The van der Waals surface area contributed by atoms with Crippen LogP contribution in [0.1, 0.15) is 49.3 Å². The maximum absolute atomic E-state index is 12.3. The summed E-state index contributed by atoms with van der Waals surface area (Å²) in [6.45, 7) is 4.46. The van der Waals surface area contributed by atoms with Gasteiger partial charge in [-0.25, -0.2) is 14.8 Å². The van der Waals surface area contributed by atoms with Crippen LogP contribution in [0.2, 0.25) is 0 Å². The Kier molecular flexibility index (Phi) is 6.95. The number of imidazole rings is 1. The monoisotopic (exact) mass is 411 g/mol. The number of aromatic amines is 1. The maximum atomic E-state index is 12.3. The molecule has 3 rings (SSSR count). The molecule has 158 valence electrons. The Morgan fingerprint density at radius 2 is 1.97 bits per heavy atom. The third kappa shape index (κ3) is 5.11. The Balaban J connectivity index is 1.63. The van der Waals surface area contributed by atoms with Crippen molar-refractivity contribution in [3.63, 3.8) is 0 Å². The number of benzene rings is 1. The van der Waals surface area contributed by atoms with Gasteiger partial charge in [-0.15, -0.1) is 0 Å². The van der Waals surface area contributed by atoms with Crippen LogP contribution in [-0.4, -0.2) is 38.0 Å². The van der Waals surface area contributed by atoms with Crippen molar-refractivity contribution in [3.05, 3.63) is 52.3 Å². The average Bonchev–Trinajstić information content (AvgIpc) is 3.15. The molecule has 30 heavy (non-hydrogen) atoms. The van der Waals surface area contributed by atoms with Crippen LogP contribution >= 0.6 is 0 Å². The number of nitrogens with zero attached hydrogens (tertiary/aromatic N) is 3. The predicted octanol–water partition coefficient (Wildman–Crippen LogP) is 2.67. The standard InChI is InChI=1S/C21H25N5O4/c1-3-5-6-16-24-19-18(20(28)25-16)22-13-26(19)12-11-17(27)23-15-9-7-14(8-10-15)21(29)30-4-2/h7-10,13H,3-6,11-12H2,1-2H3,(H,23,27)(H,24,25,28). The van der Waals surface area contributed by atoms with Crippen molar-refractivity contribution in [2.24, 2.45) is 0 Å². The summed E-state index contributed by atoms with van der Waals surface area (Å²) < 4.78 is 6.65. The van der Waals surface area contributed by atoms with Gasteiger partial charge < -0.3 is 19.6 Å². The molecule has 9 nitrogen and oxygen atoms in total. The molecule has 0 saturated heterocycles. The Hall–Kier alpha value is -3.49. The van der Waals surface area contributed by atoms with E-state index in [1.165, 1.54) is 6.33 Å². The molecule has 1 aromatic carbocycles. The summed E-state index contributed by atoms with van der Waals surface area (Å²) in [6.07, 6.45) is 4.33. The second-order valence-electron chi connectivity index (χ2n) is 6.82. The number of nitrogens with one attached hydrogen (secondary N) is 2. The van der Waals surface area contributed by atoms with Crippen molar-refractivity contribution in [1.29, 1.82) is 0 Å². The topological polar surface area (TPSA) is 119 Å². The Morgan fingerprint density at radius 1 is 1.20 bits per heavy atom. The summed E-state index contributed by atoms with van der Waals surface area (Å²) in [5, 5.41) is 2.79. The molecule has 0 spiro atoms. The molecule has 1 amide bonds. The van der Waals surface area contributed by atoms with E-state index in [1.807, 2.05) is 0 Å². The number of ether oxygens (including phenoxy) is 1. The predicted molar refractivity (Wildman–Crippen MR) is 112 cm³/mol. The molecule has 2 aromatic heterocycles. The molecule has 0 aliphatic carbocycles. The molecule has 3 aromatic rings. The van der Waals surface area contributed by atoms with Crippen molar-refractivity contribution in [1.82, 2.24) is 19.5 Å². The first kappa shape index (κ1) is 21.2. The van der Waals surface area contributed by atoms with Crippen LogP contribution < -0.4 is 10.9 Å². The van der Waals surface area contributed by atoms with Gasteiger partial charge in [-0.05, 0) is 37.6 Å². The summed E-state index contributed by atoms with van der Waals surface area (Å²) in [4.78, 5) is 47.6. The van der Waals surface area contributed by atoms with Gasteiger partial charge in [0, 0.05) is 25.1 Å². The van der Waals surface area contributed by atoms with Crippen LogP contribution in [0.5, 0.6) is 0 Å². The number of hydrogen-bond acceptors (Lipinski definition) is 6. The lowest BCUT2D eigenvalue weighted by Crippen LogP contribution is -2.16. The fourth-order valence-electron chi connectivity index (χ4n) is 2.98. The average molecular weight is 411 g/mol. The number of anilines is 1. The largest absolute Gasteiger partial charge is 0.462 e. The zero-order chi connectivity index (χ0) is 21.5. The first-order chi connectivity index (χ1) is 14.5. The smallest absolute Gasteiger partial charge is 0.338 e. The first-order valence-electron chi connectivity index (χ1n) is 10.0. The molecule has 0 fully saturated rings. The minimum atomic E-state index is -0.400. The number of H-pyrrole nitrogens is 1. The van der Waals surface area contributed by atoms with E-state index < -0.39 is 5.97 Å². The molecular weight excluding hydrogens is 386 g/mol. The number of hydrogen-bond donors (Lipinski definition) is 2. The van der Waals surface area contributed by atoms with Crippen LogP contribution in [0.4, 0.5) is 5.69 Å². The second kappa shape index (κ2) is 9.82. The van der Waals surface area contributed by atoms with Gasteiger partial charge in [0.2, 0.25) is 5.91 Å².